The highest BCUT2D eigenvalue weighted by Gasteiger charge is 2.34. The number of aliphatic imine (C=N–C) groups is 1. The molecule has 1 aliphatic carbocycles. The number of aryl methyl sites for hydroxylation is 1. The van der Waals surface area contributed by atoms with Crippen molar-refractivity contribution in [1.29, 1.82) is 0 Å². The van der Waals surface area contributed by atoms with Crippen LogP contribution < -0.4 is 11.1 Å². The largest absolute Gasteiger partial charge is 0.398 e. The Labute approximate surface area is 188 Å². The van der Waals surface area contributed by atoms with E-state index in [0.717, 1.165) is 30.2 Å². The van der Waals surface area contributed by atoms with Gasteiger partial charge >= 0.3 is 0 Å². The minimum Gasteiger partial charge on any atom is -0.398 e. The number of benzene rings is 2. The van der Waals surface area contributed by atoms with Crippen molar-refractivity contribution in [2.75, 3.05) is 19.0 Å². The van der Waals surface area contributed by atoms with Crippen LogP contribution in [-0.2, 0) is 14.6 Å². The molecule has 1 atom stereocenters. The number of aliphatic hydroxyl groups excluding tert-OH is 1. The van der Waals surface area contributed by atoms with Crippen LogP contribution in [0.1, 0.15) is 52.7 Å². The molecule has 0 saturated heterocycles. The minimum absolute atomic E-state index is 0.120. The third-order valence-corrected chi connectivity index (χ3v) is 7.01. The number of carbonyl (C=O) groups is 1. The Morgan fingerprint density at radius 2 is 1.84 bits per heavy atom. The number of sulfone groups is 1. The van der Waals surface area contributed by atoms with E-state index in [1.807, 2.05) is 19.1 Å². The second kappa shape index (κ2) is 9.40. The average Bonchev–Trinajstić information content (AvgIpc) is 3.55. The minimum atomic E-state index is -3.65. The molecule has 0 heterocycles. The number of hydrogen-bond donors (Lipinski definition) is 4. The van der Waals surface area contributed by atoms with Gasteiger partial charge in [-0.3, -0.25) is 4.79 Å². The lowest BCUT2D eigenvalue weighted by Gasteiger charge is -2.22. The molecular formula is C23H29N3O5S. The summed E-state index contributed by atoms with van der Waals surface area (Å²) in [5, 5.41) is 20.4. The number of carbonyl (C=O) groups excluding carboxylic acids is 1. The van der Waals surface area contributed by atoms with Crippen molar-refractivity contribution in [3.8, 4) is 0 Å². The number of nitrogens with zero attached hydrogens (tertiary/aromatic N) is 1. The van der Waals surface area contributed by atoms with Crippen LogP contribution >= 0.6 is 0 Å². The lowest BCUT2D eigenvalue weighted by atomic mass is 9.93. The van der Waals surface area contributed by atoms with Gasteiger partial charge < -0.3 is 21.3 Å². The first-order valence-corrected chi connectivity index (χ1v) is 12.3. The van der Waals surface area contributed by atoms with E-state index in [2.05, 4.69) is 10.3 Å². The molecule has 1 fully saturated rings. The lowest BCUT2D eigenvalue weighted by molar-refractivity contribution is -0.114. The zero-order valence-electron chi connectivity index (χ0n) is 18.4. The molecule has 1 unspecified atom stereocenters. The molecule has 172 valence electrons. The van der Waals surface area contributed by atoms with Crippen LogP contribution in [-0.4, -0.2) is 49.8 Å². The van der Waals surface area contributed by atoms with Crippen molar-refractivity contribution >= 4 is 32.8 Å². The van der Waals surface area contributed by atoms with Crippen molar-refractivity contribution in [2.24, 2.45) is 4.99 Å². The van der Waals surface area contributed by atoms with Gasteiger partial charge in [0.15, 0.2) is 16.1 Å². The summed E-state index contributed by atoms with van der Waals surface area (Å²) in [6, 6.07) is 10.6. The summed E-state index contributed by atoms with van der Waals surface area (Å²) < 4.78 is 24.9. The number of amides is 1. The molecule has 8 nitrogen and oxygen atoms in total. The molecule has 1 saturated carbocycles. The van der Waals surface area contributed by atoms with Crippen molar-refractivity contribution in [1.82, 2.24) is 5.32 Å². The molecule has 0 bridgehead atoms. The topological polar surface area (TPSA) is 142 Å². The summed E-state index contributed by atoms with van der Waals surface area (Å²) in [7, 11) is -2.15. The number of nitrogen functional groups attached to an aromatic ring is 1. The van der Waals surface area contributed by atoms with E-state index >= 15 is 0 Å². The van der Waals surface area contributed by atoms with E-state index in [1.54, 1.807) is 18.2 Å². The smallest absolute Gasteiger partial charge is 0.270 e. The van der Waals surface area contributed by atoms with Crippen LogP contribution in [0.5, 0.6) is 0 Å². The monoisotopic (exact) mass is 459 g/mol. The number of aliphatic hydroxyl groups is 2. The molecule has 3 rings (SSSR count). The molecular weight excluding hydrogens is 430 g/mol. The molecule has 0 aliphatic heterocycles. The summed E-state index contributed by atoms with van der Waals surface area (Å²) in [5.74, 6) is -0.299. The fraction of sp³-hybridized carbons (Fsp3) is 0.391. The fourth-order valence-electron chi connectivity index (χ4n) is 3.71. The molecule has 1 amide bonds. The van der Waals surface area contributed by atoms with Gasteiger partial charge in [0.05, 0.1) is 10.9 Å². The first-order chi connectivity index (χ1) is 15.0. The Balaban J connectivity index is 2.19. The number of anilines is 1. The van der Waals surface area contributed by atoms with Gasteiger partial charge in [0.1, 0.15) is 5.71 Å². The van der Waals surface area contributed by atoms with Gasteiger partial charge in [-0.05, 0) is 61.1 Å². The lowest BCUT2D eigenvalue weighted by Crippen LogP contribution is -2.29. The van der Waals surface area contributed by atoms with Gasteiger partial charge in [-0.1, -0.05) is 17.7 Å². The Morgan fingerprint density at radius 3 is 2.34 bits per heavy atom. The molecule has 9 heteroatoms. The van der Waals surface area contributed by atoms with Crippen molar-refractivity contribution in [2.45, 2.75) is 43.6 Å². The molecule has 5 N–H and O–H groups in total. The normalized spacial score (nSPS) is 15.6. The number of hydrogen-bond acceptors (Lipinski definition) is 7. The van der Waals surface area contributed by atoms with E-state index in [9.17, 15) is 23.4 Å². The van der Waals surface area contributed by atoms with Crippen LogP contribution in [0.15, 0.2) is 41.4 Å². The molecule has 1 aliphatic rings. The van der Waals surface area contributed by atoms with Crippen molar-refractivity contribution in [3.05, 3.63) is 58.7 Å². The van der Waals surface area contributed by atoms with E-state index in [0.29, 0.717) is 16.8 Å². The number of rotatable bonds is 8. The summed E-state index contributed by atoms with van der Waals surface area (Å²) >= 11 is 0. The van der Waals surface area contributed by atoms with Gasteiger partial charge in [-0.15, -0.1) is 0 Å². The molecule has 0 spiro atoms. The maximum Gasteiger partial charge on any atom is 0.270 e. The predicted octanol–water partition coefficient (Wildman–Crippen LogP) is 2.11. The third kappa shape index (κ3) is 5.53. The average molecular weight is 460 g/mol. The summed E-state index contributed by atoms with van der Waals surface area (Å²) in [5.41, 5.74) is 9.87. The number of likely N-dealkylation sites (N-methyl/N-ethyl adjacent to an activating group) is 1. The van der Waals surface area contributed by atoms with Gasteiger partial charge in [-0.25, -0.2) is 13.4 Å². The number of nitrogens with one attached hydrogen (secondary N) is 1. The Bertz CT molecular complexity index is 1140. The first-order valence-electron chi connectivity index (χ1n) is 10.4. The van der Waals surface area contributed by atoms with E-state index in [1.165, 1.54) is 13.1 Å². The highest BCUT2D eigenvalue weighted by atomic mass is 32.2. The molecule has 2 aromatic carbocycles. The van der Waals surface area contributed by atoms with Crippen LogP contribution in [0.25, 0.3) is 0 Å². The van der Waals surface area contributed by atoms with Gasteiger partial charge in [0, 0.05) is 31.0 Å². The fourth-order valence-corrected chi connectivity index (χ4v) is 4.89. The molecule has 0 aromatic heterocycles. The highest BCUT2D eigenvalue weighted by Crippen LogP contribution is 2.46. The van der Waals surface area contributed by atoms with E-state index in [-0.39, 0.29) is 23.7 Å². The molecule has 0 radical (unpaired) electrons. The SMILES string of the molecule is CNC(=O)C(=Nc1ccc(C)cc1)c1cc(C2CC2)c(C(CC(O)O)S(C)(=O)=O)cc1N. The third-order valence-electron chi connectivity index (χ3n) is 5.53. The zero-order valence-corrected chi connectivity index (χ0v) is 19.2. The van der Waals surface area contributed by atoms with Gasteiger partial charge in [-0.2, -0.15) is 0 Å². The van der Waals surface area contributed by atoms with Gasteiger partial charge in [0.25, 0.3) is 5.91 Å². The first kappa shape index (κ1) is 23.9. The second-order valence-corrected chi connectivity index (χ2v) is 10.5. The highest BCUT2D eigenvalue weighted by molar-refractivity contribution is 7.90. The number of nitrogens with two attached hydrogens (primary N) is 1. The zero-order chi connectivity index (χ0) is 23.6. The van der Waals surface area contributed by atoms with Crippen LogP contribution in [0.3, 0.4) is 0 Å². The Morgan fingerprint density at radius 1 is 1.22 bits per heavy atom. The quantitative estimate of drug-likeness (QED) is 0.271. The molecule has 2 aromatic rings. The van der Waals surface area contributed by atoms with Crippen molar-refractivity contribution < 1.29 is 23.4 Å². The standard InChI is InChI=1S/C23H29N3O5S/c1-13-4-8-15(9-5-13)26-22(23(29)25-2)18-10-16(14-6-7-14)17(11-19(18)24)20(12-21(27)28)32(3,30)31/h4-5,8-11,14,20-21,27-28H,6-7,12,24H2,1-3H3,(H,25,29). The van der Waals surface area contributed by atoms with E-state index < -0.39 is 27.3 Å². The Kier molecular flexibility index (Phi) is 7.02. The summed E-state index contributed by atoms with van der Waals surface area (Å²) in [6.07, 6.45) is 0.664. The van der Waals surface area contributed by atoms with Crippen LogP contribution in [0, 0.1) is 6.92 Å². The summed E-state index contributed by atoms with van der Waals surface area (Å²) in [4.78, 5) is 17.2. The summed E-state index contributed by atoms with van der Waals surface area (Å²) in [6.45, 7) is 1.95. The van der Waals surface area contributed by atoms with Crippen LogP contribution in [0.4, 0.5) is 11.4 Å². The maximum atomic E-state index is 12.7. The second-order valence-electron chi connectivity index (χ2n) is 8.25. The van der Waals surface area contributed by atoms with Crippen molar-refractivity contribution in [3.63, 3.8) is 0 Å². The maximum absolute atomic E-state index is 12.7. The van der Waals surface area contributed by atoms with Gasteiger partial charge in [0.2, 0.25) is 0 Å². The predicted molar refractivity (Wildman–Crippen MR) is 125 cm³/mol. The van der Waals surface area contributed by atoms with E-state index in [4.69, 9.17) is 5.73 Å². The Hall–Kier alpha value is -2.75. The van der Waals surface area contributed by atoms with Crippen LogP contribution in [0.2, 0.25) is 0 Å². The molecule has 32 heavy (non-hydrogen) atoms.